The van der Waals surface area contributed by atoms with Crippen LogP contribution in [0.1, 0.15) is 12.0 Å². The third-order valence-corrected chi connectivity index (χ3v) is 3.62. The molecule has 0 radical (unpaired) electrons. The molecule has 1 unspecified atom stereocenters. The van der Waals surface area contributed by atoms with Crippen LogP contribution in [-0.2, 0) is 16.1 Å². The minimum absolute atomic E-state index is 0. The second kappa shape index (κ2) is 9.10. The summed E-state index contributed by atoms with van der Waals surface area (Å²) in [5.41, 5.74) is 0.698. The van der Waals surface area contributed by atoms with Crippen molar-refractivity contribution >= 4 is 18.4 Å². The zero-order chi connectivity index (χ0) is 16.9. The van der Waals surface area contributed by atoms with Crippen molar-refractivity contribution in [2.75, 3.05) is 26.7 Å². The number of carbonyl (C=O) groups excluding carboxylic acids is 1. The van der Waals surface area contributed by atoms with Gasteiger partial charge in [-0.3, -0.25) is 9.69 Å². The highest BCUT2D eigenvalue weighted by Crippen LogP contribution is 2.24. The number of alkyl halides is 3. The molecule has 1 fully saturated rings. The van der Waals surface area contributed by atoms with Crippen LogP contribution in [0.25, 0.3) is 0 Å². The van der Waals surface area contributed by atoms with E-state index in [1.165, 1.54) is 25.3 Å². The smallest absolute Gasteiger partial charge is 0.469 e. The Balaban J connectivity index is 0.00000288. The Morgan fingerprint density at radius 1 is 1.42 bits per heavy atom. The van der Waals surface area contributed by atoms with Crippen molar-refractivity contribution < 1.29 is 27.4 Å². The number of nitrogens with one attached hydrogen (secondary N) is 1. The van der Waals surface area contributed by atoms with Crippen LogP contribution >= 0.6 is 12.4 Å². The van der Waals surface area contributed by atoms with Crippen LogP contribution in [0.3, 0.4) is 0 Å². The second-order valence-electron chi connectivity index (χ2n) is 5.30. The zero-order valence-electron chi connectivity index (χ0n) is 13.1. The van der Waals surface area contributed by atoms with Crippen molar-refractivity contribution in [1.82, 2.24) is 10.2 Å². The fourth-order valence-corrected chi connectivity index (χ4v) is 2.56. The van der Waals surface area contributed by atoms with Crippen LogP contribution in [0.15, 0.2) is 24.3 Å². The van der Waals surface area contributed by atoms with Gasteiger partial charge in [-0.25, -0.2) is 0 Å². The van der Waals surface area contributed by atoms with E-state index in [4.69, 9.17) is 0 Å². The number of carbonyl (C=O) groups is 1. The van der Waals surface area contributed by atoms with Crippen LogP contribution < -0.4 is 10.1 Å². The first-order chi connectivity index (χ1) is 10.9. The largest absolute Gasteiger partial charge is 0.573 e. The predicted molar refractivity (Wildman–Crippen MR) is 84.1 cm³/mol. The lowest BCUT2D eigenvalue weighted by molar-refractivity contribution is -0.274. The van der Waals surface area contributed by atoms with Gasteiger partial charge in [-0.2, -0.15) is 0 Å². The second-order valence-corrected chi connectivity index (χ2v) is 5.30. The molecule has 1 aromatic rings. The lowest BCUT2D eigenvalue weighted by Gasteiger charge is -2.35. The van der Waals surface area contributed by atoms with E-state index in [1.807, 2.05) is 0 Å². The fraction of sp³-hybridized carbons (Fsp3) is 0.533. The van der Waals surface area contributed by atoms with Gasteiger partial charge in [0.1, 0.15) is 5.75 Å². The average Bonchev–Trinajstić information content (AvgIpc) is 2.48. The molecule has 1 aliphatic rings. The van der Waals surface area contributed by atoms with Gasteiger partial charge in [-0.05, 0) is 17.7 Å². The molecule has 24 heavy (non-hydrogen) atoms. The molecular formula is C15H20ClF3N2O3. The number of halogens is 4. The predicted octanol–water partition coefficient (Wildman–Crippen LogP) is 2.34. The molecule has 1 aliphatic heterocycles. The van der Waals surface area contributed by atoms with Gasteiger partial charge in [0.2, 0.25) is 0 Å². The number of methoxy groups -OCH3 is 1. The Hall–Kier alpha value is -1.51. The number of benzene rings is 1. The minimum Gasteiger partial charge on any atom is -0.469 e. The van der Waals surface area contributed by atoms with E-state index < -0.39 is 6.36 Å². The van der Waals surface area contributed by atoms with E-state index in [0.717, 1.165) is 6.54 Å². The molecule has 5 nitrogen and oxygen atoms in total. The normalized spacial score (nSPS) is 18.6. The third kappa shape index (κ3) is 6.54. The van der Waals surface area contributed by atoms with Crippen LogP contribution in [-0.4, -0.2) is 50.0 Å². The van der Waals surface area contributed by atoms with Crippen molar-refractivity contribution in [3.05, 3.63) is 29.8 Å². The summed E-state index contributed by atoms with van der Waals surface area (Å²) in [5.74, 6) is -0.549. The number of nitrogens with zero attached hydrogens (tertiary/aromatic N) is 1. The number of rotatable bonds is 5. The monoisotopic (exact) mass is 368 g/mol. The molecule has 0 bridgehead atoms. The van der Waals surface area contributed by atoms with Crippen molar-refractivity contribution in [1.29, 1.82) is 0 Å². The summed E-state index contributed by atoms with van der Waals surface area (Å²) < 4.78 is 45.5. The highest BCUT2D eigenvalue weighted by molar-refractivity contribution is 5.85. The molecule has 136 valence electrons. The van der Waals surface area contributed by atoms with E-state index in [9.17, 15) is 18.0 Å². The lowest BCUT2D eigenvalue weighted by Crippen LogP contribution is -2.51. The van der Waals surface area contributed by atoms with E-state index in [-0.39, 0.29) is 36.6 Å². The number of hydrogen-bond acceptors (Lipinski definition) is 5. The van der Waals surface area contributed by atoms with Gasteiger partial charge < -0.3 is 14.8 Å². The first kappa shape index (κ1) is 20.5. The van der Waals surface area contributed by atoms with Crippen LogP contribution in [0.2, 0.25) is 0 Å². The Morgan fingerprint density at radius 2 is 2.17 bits per heavy atom. The van der Waals surface area contributed by atoms with Crippen LogP contribution in [0.4, 0.5) is 13.2 Å². The topological polar surface area (TPSA) is 50.8 Å². The average molecular weight is 369 g/mol. The maximum atomic E-state index is 12.3. The van der Waals surface area contributed by atoms with E-state index >= 15 is 0 Å². The van der Waals surface area contributed by atoms with Crippen molar-refractivity contribution in [2.24, 2.45) is 0 Å². The Bertz CT molecular complexity index is 543. The summed E-state index contributed by atoms with van der Waals surface area (Å²) in [6.07, 6.45) is -4.47. The quantitative estimate of drug-likeness (QED) is 0.808. The molecule has 2 rings (SSSR count). The Morgan fingerprint density at radius 3 is 2.83 bits per heavy atom. The summed E-state index contributed by atoms with van der Waals surface area (Å²) in [7, 11) is 1.33. The molecular weight excluding hydrogens is 349 g/mol. The van der Waals surface area contributed by atoms with Gasteiger partial charge >= 0.3 is 12.3 Å². The summed E-state index contributed by atoms with van der Waals surface area (Å²) >= 11 is 0. The summed E-state index contributed by atoms with van der Waals surface area (Å²) in [6.45, 7) is 2.54. The highest BCUT2D eigenvalue weighted by Gasteiger charge is 2.31. The summed E-state index contributed by atoms with van der Waals surface area (Å²) in [6, 6.07) is 5.84. The van der Waals surface area contributed by atoms with Crippen LogP contribution in [0.5, 0.6) is 5.75 Å². The van der Waals surface area contributed by atoms with Crippen molar-refractivity contribution in [3.63, 3.8) is 0 Å². The molecule has 0 saturated carbocycles. The lowest BCUT2D eigenvalue weighted by atomic mass is 10.1. The van der Waals surface area contributed by atoms with Crippen LogP contribution in [0, 0.1) is 0 Å². The third-order valence-electron chi connectivity index (χ3n) is 3.62. The van der Waals surface area contributed by atoms with Gasteiger partial charge in [0, 0.05) is 32.2 Å². The number of esters is 1. The van der Waals surface area contributed by atoms with Gasteiger partial charge in [-0.1, -0.05) is 12.1 Å². The minimum atomic E-state index is -4.71. The SMILES string of the molecule is COC(=O)CC1CNCCN1Cc1cccc(OC(F)(F)F)c1.Cl. The molecule has 0 spiro atoms. The van der Waals surface area contributed by atoms with Gasteiger partial charge in [-0.15, -0.1) is 25.6 Å². The molecule has 0 aliphatic carbocycles. The molecule has 9 heteroatoms. The molecule has 1 saturated heterocycles. The standard InChI is InChI=1S/C15H19F3N2O3.ClH/c1-22-14(21)8-12-9-19-5-6-20(12)10-11-3-2-4-13(7-11)23-15(16,17)18;/h2-4,7,12,19H,5-6,8-10H2,1H3;1H. The van der Waals surface area contributed by atoms with Gasteiger partial charge in [0.25, 0.3) is 0 Å². The first-order valence-electron chi connectivity index (χ1n) is 7.23. The first-order valence-corrected chi connectivity index (χ1v) is 7.23. The van der Waals surface area contributed by atoms with Gasteiger partial charge in [0.05, 0.1) is 13.5 Å². The molecule has 1 heterocycles. The molecule has 0 amide bonds. The number of hydrogen-bond donors (Lipinski definition) is 1. The Labute approximate surface area is 144 Å². The van der Waals surface area contributed by atoms with E-state index in [2.05, 4.69) is 19.7 Å². The molecule has 1 atom stereocenters. The highest BCUT2D eigenvalue weighted by atomic mass is 35.5. The maximum absolute atomic E-state index is 12.3. The fourth-order valence-electron chi connectivity index (χ4n) is 2.56. The van der Waals surface area contributed by atoms with E-state index in [1.54, 1.807) is 6.07 Å². The summed E-state index contributed by atoms with van der Waals surface area (Å²) in [5, 5.41) is 3.20. The number of piperazine rings is 1. The zero-order valence-corrected chi connectivity index (χ0v) is 14.0. The summed E-state index contributed by atoms with van der Waals surface area (Å²) in [4.78, 5) is 13.5. The van der Waals surface area contributed by atoms with Crippen molar-refractivity contribution in [3.8, 4) is 5.75 Å². The van der Waals surface area contributed by atoms with Gasteiger partial charge in [0.15, 0.2) is 0 Å². The van der Waals surface area contributed by atoms with Crippen molar-refractivity contribution in [2.45, 2.75) is 25.4 Å². The molecule has 0 aromatic heterocycles. The Kier molecular flexibility index (Phi) is 7.78. The van der Waals surface area contributed by atoms with E-state index in [0.29, 0.717) is 25.2 Å². The maximum Gasteiger partial charge on any atom is 0.573 e. The number of ether oxygens (including phenoxy) is 2. The molecule has 1 aromatic carbocycles. The molecule has 1 N–H and O–H groups in total.